The standard InChI is InChI=1S/C14H22N4O2/c1-13(2)7-4-3-6-10(13)11-15-16-17-18(11)14(12(19)20)8-5-9-14/h10H,3-9H2,1-2H3,(H,19,20). The molecule has 6 nitrogen and oxygen atoms in total. The number of tetrazole rings is 1. The number of aromatic nitrogens is 4. The molecule has 1 heterocycles. The van der Waals surface area contributed by atoms with Gasteiger partial charge in [-0.1, -0.05) is 26.7 Å². The average Bonchev–Trinajstić information content (AvgIpc) is 2.75. The maximum atomic E-state index is 11.7. The minimum absolute atomic E-state index is 0.133. The van der Waals surface area contributed by atoms with Gasteiger partial charge in [0, 0.05) is 5.92 Å². The van der Waals surface area contributed by atoms with Crippen molar-refractivity contribution in [1.29, 1.82) is 0 Å². The van der Waals surface area contributed by atoms with Crippen molar-refractivity contribution in [3.63, 3.8) is 0 Å². The summed E-state index contributed by atoms with van der Waals surface area (Å²) in [7, 11) is 0. The van der Waals surface area contributed by atoms with Crippen molar-refractivity contribution >= 4 is 5.97 Å². The third-order valence-electron chi connectivity index (χ3n) is 5.30. The van der Waals surface area contributed by atoms with E-state index in [9.17, 15) is 9.90 Å². The number of carboxylic acids is 1. The highest BCUT2D eigenvalue weighted by Gasteiger charge is 2.50. The van der Waals surface area contributed by atoms with Crippen molar-refractivity contribution in [2.75, 3.05) is 0 Å². The van der Waals surface area contributed by atoms with Crippen molar-refractivity contribution in [2.24, 2.45) is 5.41 Å². The molecule has 0 aromatic carbocycles. The Labute approximate surface area is 118 Å². The van der Waals surface area contributed by atoms with E-state index in [0.717, 1.165) is 25.1 Å². The van der Waals surface area contributed by atoms with Gasteiger partial charge in [-0.2, -0.15) is 0 Å². The monoisotopic (exact) mass is 278 g/mol. The molecule has 1 N–H and O–H groups in total. The van der Waals surface area contributed by atoms with Crippen LogP contribution in [-0.2, 0) is 10.3 Å². The van der Waals surface area contributed by atoms with Gasteiger partial charge in [-0.15, -0.1) is 5.10 Å². The van der Waals surface area contributed by atoms with Crippen LogP contribution in [0.25, 0.3) is 0 Å². The van der Waals surface area contributed by atoms with Crippen molar-refractivity contribution in [2.45, 2.75) is 70.3 Å². The Morgan fingerprint density at radius 1 is 1.25 bits per heavy atom. The summed E-state index contributed by atoms with van der Waals surface area (Å²) >= 11 is 0. The molecule has 3 rings (SSSR count). The molecule has 0 aliphatic heterocycles. The lowest BCUT2D eigenvalue weighted by molar-refractivity contribution is -0.153. The van der Waals surface area contributed by atoms with Crippen LogP contribution in [0, 0.1) is 5.41 Å². The second kappa shape index (κ2) is 4.53. The molecule has 110 valence electrons. The Morgan fingerprint density at radius 3 is 2.55 bits per heavy atom. The maximum absolute atomic E-state index is 11.7. The van der Waals surface area contributed by atoms with Crippen LogP contribution in [0.4, 0.5) is 0 Å². The molecular weight excluding hydrogens is 256 g/mol. The first-order valence-electron chi connectivity index (χ1n) is 7.49. The molecule has 2 aliphatic rings. The van der Waals surface area contributed by atoms with E-state index < -0.39 is 11.5 Å². The molecule has 2 saturated carbocycles. The van der Waals surface area contributed by atoms with Gasteiger partial charge in [0.15, 0.2) is 11.4 Å². The topological polar surface area (TPSA) is 80.9 Å². The Bertz CT molecular complexity index is 519. The van der Waals surface area contributed by atoms with Gasteiger partial charge in [0.25, 0.3) is 0 Å². The van der Waals surface area contributed by atoms with Crippen molar-refractivity contribution in [3.8, 4) is 0 Å². The van der Waals surface area contributed by atoms with E-state index in [-0.39, 0.29) is 11.3 Å². The van der Waals surface area contributed by atoms with E-state index in [4.69, 9.17) is 0 Å². The van der Waals surface area contributed by atoms with E-state index >= 15 is 0 Å². The van der Waals surface area contributed by atoms with Gasteiger partial charge >= 0.3 is 5.97 Å². The van der Waals surface area contributed by atoms with Crippen LogP contribution in [0.3, 0.4) is 0 Å². The van der Waals surface area contributed by atoms with Crippen LogP contribution in [0.15, 0.2) is 0 Å². The lowest BCUT2D eigenvalue weighted by Crippen LogP contribution is -2.50. The minimum atomic E-state index is -0.896. The molecule has 1 unspecified atom stereocenters. The number of aliphatic carboxylic acids is 1. The summed E-state index contributed by atoms with van der Waals surface area (Å²) in [5, 5.41) is 21.6. The highest BCUT2D eigenvalue weighted by Crippen LogP contribution is 2.48. The van der Waals surface area contributed by atoms with E-state index in [1.165, 1.54) is 12.8 Å². The second-order valence-electron chi connectivity index (χ2n) is 6.93. The van der Waals surface area contributed by atoms with E-state index in [0.29, 0.717) is 12.8 Å². The first kappa shape index (κ1) is 13.5. The van der Waals surface area contributed by atoms with Gasteiger partial charge < -0.3 is 5.11 Å². The summed E-state index contributed by atoms with van der Waals surface area (Å²) in [5.41, 5.74) is -0.763. The van der Waals surface area contributed by atoms with E-state index in [1.807, 2.05) is 0 Å². The van der Waals surface area contributed by atoms with Crippen molar-refractivity contribution in [3.05, 3.63) is 5.82 Å². The van der Waals surface area contributed by atoms with Gasteiger partial charge in [0.1, 0.15) is 0 Å². The quantitative estimate of drug-likeness (QED) is 0.917. The summed E-state index contributed by atoms with van der Waals surface area (Å²) in [6, 6.07) is 0. The molecule has 6 heteroatoms. The lowest BCUT2D eigenvalue weighted by atomic mass is 9.68. The fourth-order valence-corrected chi connectivity index (χ4v) is 3.72. The first-order valence-corrected chi connectivity index (χ1v) is 7.49. The number of hydrogen-bond donors (Lipinski definition) is 1. The van der Waals surface area contributed by atoms with Gasteiger partial charge in [0.05, 0.1) is 0 Å². The van der Waals surface area contributed by atoms with Gasteiger partial charge in [-0.25, -0.2) is 9.48 Å². The number of carbonyl (C=O) groups is 1. The van der Waals surface area contributed by atoms with Crippen LogP contribution in [0.5, 0.6) is 0 Å². The number of rotatable bonds is 3. The highest BCUT2D eigenvalue weighted by atomic mass is 16.4. The molecule has 1 aromatic heterocycles. The zero-order chi connectivity index (χ0) is 14.4. The second-order valence-corrected chi connectivity index (χ2v) is 6.93. The molecule has 1 atom stereocenters. The van der Waals surface area contributed by atoms with E-state index in [2.05, 4.69) is 29.4 Å². The lowest BCUT2D eigenvalue weighted by Gasteiger charge is -2.42. The van der Waals surface area contributed by atoms with Crippen LogP contribution in [0.2, 0.25) is 0 Å². The largest absolute Gasteiger partial charge is 0.479 e. The Hall–Kier alpha value is -1.46. The zero-order valence-corrected chi connectivity index (χ0v) is 12.2. The summed E-state index contributed by atoms with van der Waals surface area (Å²) in [6.07, 6.45) is 6.78. The van der Waals surface area contributed by atoms with Crippen molar-refractivity contribution in [1.82, 2.24) is 20.2 Å². The Kier molecular flexibility index (Phi) is 3.06. The molecule has 0 radical (unpaired) electrons. The number of nitrogens with zero attached hydrogens (tertiary/aromatic N) is 4. The minimum Gasteiger partial charge on any atom is -0.479 e. The number of hydrogen-bond acceptors (Lipinski definition) is 4. The maximum Gasteiger partial charge on any atom is 0.331 e. The molecule has 2 aliphatic carbocycles. The molecular formula is C14H22N4O2. The Morgan fingerprint density at radius 2 is 2.00 bits per heavy atom. The smallest absolute Gasteiger partial charge is 0.331 e. The van der Waals surface area contributed by atoms with Gasteiger partial charge in [0.2, 0.25) is 0 Å². The summed E-state index contributed by atoms with van der Waals surface area (Å²) in [5.74, 6) is 0.228. The molecule has 0 saturated heterocycles. The molecule has 1 aromatic rings. The zero-order valence-electron chi connectivity index (χ0n) is 12.2. The summed E-state index contributed by atoms with van der Waals surface area (Å²) in [6.45, 7) is 4.48. The predicted octanol–water partition coefficient (Wildman–Crippen LogP) is 2.32. The molecule has 0 amide bonds. The number of carboxylic acid groups (broad SMARTS) is 1. The highest BCUT2D eigenvalue weighted by molar-refractivity contribution is 5.77. The summed E-state index contributed by atoms with van der Waals surface area (Å²) < 4.78 is 1.62. The van der Waals surface area contributed by atoms with Crippen LogP contribution in [-0.4, -0.2) is 31.3 Å². The molecule has 2 fully saturated rings. The Balaban J connectivity index is 2.00. The predicted molar refractivity (Wildman–Crippen MR) is 72.3 cm³/mol. The molecule has 0 bridgehead atoms. The SMILES string of the molecule is CC1(C)CCCCC1c1nnnn1C1(C(=O)O)CCC1. The summed E-state index contributed by atoms with van der Waals surface area (Å²) in [4.78, 5) is 11.7. The first-order chi connectivity index (χ1) is 9.47. The van der Waals surface area contributed by atoms with E-state index in [1.54, 1.807) is 4.68 Å². The van der Waals surface area contributed by atoms with Crippen molar-refractivity contribution < 1.29 is 9.90 Å². The average molecular weight is 278 g/mol. The normalized spacial score (nSPS) is 27.8. The fourth-order valence-electron chi connectivity index (χ4n) is 3.72. The third kappa shape index (κ3) is 1.84. The van der Waals surface area contributed by atoms with Gasteiger partial charge in [-0.05, 0) is 47.9 Å². The van der Waals surface area contributed by atoms with Crippen LogP contribution in [0.1, 0.15) is 70.5 Å². The van der Waals surface area contributed by atoms with Crippen LogP contribution < -0.4 is 0 Å². The third-order valence-corrected chi connectivity index (χ3v) is 5.30. The molecule has 0 spiro atoms. The van der Waals surface area contributed by atoms with Crippen LogP contribution >= 0.6 is 0 Å². The van der Waals surface area contributed by atoms with Gasteiger partial charge in [-0.3, -0.25) is 0 Å². The fraction of sp³-hybridized carbons (Fsp3) is 0.857. The molecule has 20 heavy (non-hydrogen) atoms.